The molecular weight excluding hydrogens is 416 g/mol. The summed E-state index contributed by atoms with van der Waals surface area (Å²) in [7, 11) is 0. The van der Waals surface area contributed by atoms with Gasteiger partial charge in [-0.05, 0) is 42.0 Å². The molecule has 3 aromatic carbocycles. The number of hydrogen-bond donors (Lipinski definition) is 3. The van der Waals surface area contributed by atoms with E-state index in [1.54, 1.807) is 24.3 Å². The third-order valence-electron chi connectivity index (χ3n) is 4.76. The van der Waals surface area contributed by atoms with Gasteiger partial charge in [-0.1, -0.05) is 18.2 Å². The lowest BCUT2D eigenvalue weighted by molar-refractivity contribution is 0.262. The number of benzene rings is 3. The first-order valence-corrected chi connectivity index (χ1v) is 9.46. The van der Waals surface area contributed by atoms with Gasteiger partial charge in [0, 0.05) is 23.6 Å². The maximum absolute atomic E-state index is 13.7. The highest BCUT2D eigenvalue weighted by molar-refractivity contribution is 6.01. The molecule has 0 aliphatic carbocycles. The summed E-state index contributed by atoms with van der Waals surface area (Å²) in [6, 6.07) is 15.9. The molecule has 1 heterocycles. The van der Waals surface area contributed by atoms with Crippen LogP contribution in [0.3, 0.4) is 0 Å². The minimum atomic E-state index is -0.909. The topological polar surface area (TPSA) is 111 Å². The van der Waals surface area contributed by atoms with Gasteiger partial charge in [0.1, 0.15) is 11.6 Å². The summed E-state index contributed by atoms with van der Waals surface area (Å²) in [5.41, 5.74) is 1.76. The predicted molar refractivity (Wildman–Crippen MR) is 115 cm³/mol. The average Bonchev–Trinajstić information content (AvgIpc) is 2.78. The number of urea groups is 1. The summed E-state index contributed by atoms with van der Waals surface area (Å²) in [6.07, 6.45) is 0.427. The lowest BCUT2D eigenvalue weighted by Crippen LogP contribution is -2.20. The highest BCUT2D eigenvalue weighted by Gasteiger charge is 2.12. The molecule has 158 valence electrons. The van der Waals surface area contributed by atoms with Crippen molar-refractivity contribution in [2.45, 2.75) is 6.42 Å². The van der Waals surface area contributed by atoms with Crippen LogP contribution in [0.2, 0.25) is 0 Å². The zero-order chi connectivity index (χ0) is 22.7. The van der Waals surface area contributed by atoms with Gasteiger partial charge in [-0.2, -0.15) is 10.4 Å². The third kappa shape index (κ3) is 4.44. The maximum Gasteiger partial charge on any atom is 0.323 e. The van der Waals surface area contributed by atoms with E-state index in [9.17, 15) is 18.4 Å². The molecular formula is C23H15F2N5O2. The van der Waals surface area contributed by atoms with E-state index >= 15 is 0 Å². The van der Waals surface area contributed by atoms with Gasteiger partial charge >= 0.3 is 6.03 Å². The second-order valence-electron chi connectivity index (χ2n) is 6.95. The van der Waals surface area contributed by atoms with Crippen LogP contribution in [0.4, 0.5) is 25.0 Å². The normalized spacial score (nSPS) is 10.5. The molecule has 0 saturated heterocycles. The van der Waals surface area contributed by atoms with Crippen molar-refractivity contribution in [3.8, 4) is 6.07 Å². The predicted octanol–water partition coefficient (Wildman–Crippen LogP) is 4.31. The smallest absolute Gasteiger partial charge is 0.308 e. The van der Waals surface area contributed by atoms with Crippen molar-refractivity contribution in [3.63, 3.8) is 0 Å². The highest BCUT2D eigenvalue weighted by atomic mass is 19.1. The van der Waals surface area contributed by atoms with Crippen LogP contribution in [0.15, 0.2) is 65.5 Å². The second kappa shape index (κ2) is 8.65. The first-order chi connectivity index (χ1) is 15.4. The van der Waals surface area contributed by atoms with E-state index in [1.165, 1.54) is 6.07 Å². The Morgan fingerprint density at radius 3 is 2.50 bits per heavy atom. The number of amides is 2. The zero-order valence-electron chi connectivity index (χ0n) is 16.4. The van der Waals surface area contributed by atoms with Crippen molar-refractivity contribution in [2.75, 3.05) is 10.6 Å². The first kappa shape index (κ1) is 20.7. The van der Waals surface area contributed by atoms with Crippen LogP contribution in [-0.4, -0.2) is 16.2 Å². The van der Waals surface area contributed by atoms with Gasteiger partial charge in [-0.3, -0.25) is 4.79 Å². The van der Waals surface area contributed by atoms with Crippen LogP contribution >= 0.6 is 0 Å². The number of nitrogens with one attached hydrogen (secondary N) is 3. The van der Waals surface area contributed by atoms with Crippen molar-refractivity contribution < 1.29 is 13.6 Å². The van der Waals surface area contributed by atoms with Crippen molar-refractivity contribution >= 4 is 28.2 Å². The molecule has 1 aromatic heterocycles. The number of carbonyl (C=O) groups is 1. The van der Waals surface area contributed by atoms with Crippen LogP contribution in [0.1, 0.15) is 16.8 Å². The molecule has 0 unspecified atom stereocenters. The Kier molecular flexibility index (Phi) is 5.59. The molecule has 0 spiro atoms. The molecule has 0 saturated carbocycles. The Morgan fingerprint density at radius 2 is 1.78 bits per heavy atom. The molecule has 0 radical (unpaired) electrons. The van der Waals surface area contributed by atoms with Crippen LogP contribution < -0.4 is 16.2 Å². The molecule has 0 fully saturated rings. The number of aromatic nitrogens is 2. The van der Waals surface area contributed by atoms with E-state index < -0.39 is 23.2 Å². The number of carbonyl (C=O) groups excluding carboxylic acids is 1. The summed E-state index contributed by atoms with van der Waals surface area (Å²) in [4.78, 5) is 24.5. The van der Waals surface area contributed by atoms with Crippen molar-refractivity contribution in [1.29, 1.82) is 5.26 Å². The third-order valence-corrected chi connectivity index (χ3v) is 4.76. The van der Waals surface area contributed by atoms with Gasteiger partial charge in [0.25, 0.3) is 5.56 Å². The monoisotopic (exact) mass is 431 g/mol. The van der Waals surface area contributed by atoms with E-state index in [2.05, 4.69) is 26.9 Å². The minimum absolute atomic E-state index is 0.184. The fourth-order valence-electron chi connectivity index (χ4n) is 3.20. The van der Waals surface area contributed by atoms with Gasteiger partial charge < -0.3 is 10.6 Å². The number of halogens is 2. The molecule has 4 rings (SSSR count). The number of anilines is 2. The van der Waals surface area contributed by atoms with Crippen molar-refractivity contribution in [3.05, 3.63) is 99.5 Å². The van der Waals surface area contributed by atoms with Gasteiger partial charge in [0.05, 0.1) is 28.4 Å². The van der Waals surface area contributed by atoms with Gasteiger partial charge in [-0.25, -0.2) is 18.7 Å². The standard InChI is InChI=1S/C23H15F2N5O2/c24-15-5-8-20(19(25)10-15)28-23(32)27-16-6-7-17-18(11-16)22(31)30-29-21(17)9-13-1-3-14(12-26)4-2-13/h1-8,10-11H,9H2,(H,30,31)(H2,27,28,32). The first-order valence-electron chi connectivity index (χ1n) is 9.46. The Bertz CT molecular complexity index is 1430. The largest absolute Gasteiger partial charge is 0.323 e. The van der Waals surface area contributed by atoms with E-state index in [0.717, 1.165) is 17.7 Å². The quantitative estimate of drug-likeness (QED) is 0.447. The molecule has 0 aliphatic heterocycles. The molecule has 0 aliphatic rings. The molecule has 0 bridgehead atoms. The molecule has 3 N–H and O–H groups in total. The van der Waals surface area contributed by atoms with E-state index in [-0.39, 0.29) is 5.69 Å². The summed E-state index contributed by atoms with van der Waals surface area (Å²) in [5, 5.41) is 21.2. The Balaban J connectivity index is 1.57. The molecule has 4 aromatic rings. The van der Waals surface area contributed by atoms with Gasteiger partial charge in [-0.15, -0.1) is 0 Å². The minimum Gasteiger partial charge on any atom is -0.308 e. The lowest BCUT2D eigenvalue weighted by Gasteiger charge is -2.10. The second-order valence-corrected chi connectivity index (χ2v) is 6.95. The Labute approximate surface area is 180 Å². The number of fused-ring (bicyclic) bond motifs is 1. The molecule has 7 nitrogen and oxygen atoms in total. The summed E-state index contributed by atoms with van der Waals surface area (Å²) < 4.78 is 26.7. The number of rotatable bonds is 4. The summed E-state index contributed by atoms with van der Waals surface area (Å²) >= 11 is 0. The number of nitrogens with zero attached hydrogens (tertiary/aromatic N) is 2. The number of nitriles is 1. The van der Waals surface area contributed by atoms with E-state index in [1.807, 2.05) is 12.1 Å². The number of aromatic amines is 1. The Hall–Kier alpha value is -4.58. The van der Waals surface area contributed by atoms with Crippen LogP contribution in [0.25, 0.3) is 10.8 Å². The molecule has 2 amide bonds. The van der Waals surface area contributed by atoms with Crippen LogP contribution in [0.5, 0.6) is 0 Å². The number of H-pyrrole nitrogens is 1. The summed E-state index contributed by atoms with van der Waals surface area (Å²) in [6.45, 7) is 0. The van der Waals surface area contributed by atoms with E-state index in [4.69, 9.17) is 5.26 Å². The summed E-state index contributed by atoms with van der Waals surface area (Å²) in [5.74, 6) is -1.67. The van der Waals surface area contributed by atoms with Crippen molar-refractivity contribution in [1.82, 2.24) is 10.2 Å². The van der Waals surface area contributed by atoms with Crippen molar-refractivity contribution in [2.24, 2.45) is 0 Å². The highest BCUT2D eigenvalue weighted by Crippen LogP contribution is 2.21. The fraction of sp³-hybridized carbons (Fsp3) is 0.0435. The molecule has 32 heavy (non-hydrogen) atoms. The van der Waals surface area contributed by atoms with Gasteiger partial charge in [0.15, 0.2) is 0 Å². The van der Waals surface area contributed by atoms with Crippen LogP contribution in [0, 0.1) is 23.0 Å². The maximum atomic E-state index is 13.7. The SMILES string of the molecule is N#Cc1ccc(Cc2n[nH]c(=O)c3cc(NC(=O)Nc4ccc(F)cc4F)ccc23)cc1. The fourth-order valence-corrected chi connectivity index (χ4v) is 3.20. The lowest BCUT2D eigenvalue weighted by atomic mass is 10.0. The van der Waals surface area contributed by atoms with E-state index in [0.29, 0.717) is 40.2 Å². The van der Waals surface area contributed by atoms with Crippen LogP contribution in [-0.2, 0) is 6.42 Å². The molecule has 0 atom stereocenters. The average molecular weight is 431 g/mol. The van der Waals surface area contributed by atoms with Gasteiger partial charge in [0.2, 0.25) is 0 Å². The Morgan fingerprint density at radius 1 is 1.00 bits per heavy atom. The number of hydrogen-bond acceptors (Lipinski definition) is 4. The zero-order valence-corrected chi connectivity index (χ0v) is 16.4. The molecule has 9 heteroatoms.